The van der Waals surface area contributed by atoms with Gasteiger partial charge in [0.25, 0.3) is 0 Å². The highest BCUT2D eigenvalue weighted by Crippen LogP contribution is 2.23. The minimum atomic E-state index is -0.923. The number of rotatable bonds is 4. The van der Waals surface area contributed by atoms with Crippen molar-refractivity contribution in [3.05, 3.63) is 0 Å². The summed E-state index contributed by atoms with van der Waals surface area (Å²) in [5.74, 6) is -1.65. The second-order valence-electron chi connectivity index (χ2n) is 4.84. The van der Waals surface area contributed by atoms with Crippen LogP contribution in [0.5, 0.6) is 0 Å². The van der Waals surface area contributed by atoms with E-state index in [1.165, 1.54) is 4.90 Å². The molecule has 0 saturated carbocycles. The predicted molar refractivity (Wildman–Crippen MR) is 53.2 cm³/mol. The molecule has 15 heavy (non-hydrogen) atoms. The lowest BCUT2D eigenvalue weighted by Gasteiger charge is -2.28. The molecule has 0 bridgehead atoms. The Morgan fingerprint density at radius 1 is 1.60 bits per heavy atom. The van der Waals surface area contributed by atoms with Gasteiger partial charge in [-0.15, -0.1) is 0 Å². The van der Waals surface area contributed by atoms with Crippen molar-refractivity contribution < 1.29 is 19.8 Å². The lowest BCUT2D eigenvalue weighted by atomic mass is 9.94. The molecule has 0 aliphatic carbocycles. The average Bonchev–Trinajstić information content (AvgIpc) is 2.47. The van der Waals surface area contributed by atoms with Crippen molar-refractivity contribution in [3.63, 3.8) is 0 Å². The molecule has 1 unspecified atom stereocenters. The first-order chi connectivity index (χ1) is 6.85. The van der Waals surface area contributed by atoms with Crippen molar-refractivity contribution in [2.45, 2.75) is 20.3 Å². The molecule has 1 amide bonds. The fourth-order valence-electron chi connectivity index (χ4n) is 1.66. The third kappa shape index (κ3) is 2.92. The normalized spacial score (nSPS) is 22.2. The Morgan fingerprint density at radius 2 is 2.20 bits per heavy atom. The predicted octanol–water partition coefficient (Wildman–Crippen LogP) is -0.0620. The molecule has 1 aliphatic heterocycles. The van der Waals surface area contributed by atoms with Crippen molar-refractivity contribution in [3.8, 4) is 0 Å². The molecular weight excluding hydrogens is 198 g/mol. The third-order valence-corrected chi connectivity index (χ3v) is 2.61. The number of aliphatic carboxylic acids is 1. The number of likely N-dealkylation sites (tertiary alicyclic amines) is 1. The number of nitrogens with zero attached hydrogens (tertiary/aromatic N) is 1. The van der Waals surface area contributed by atoms with E-state index in [4.69, 9.17) is 10.2 Å². The van der Waals surface area contributed by atoms with Gasteiger partial charge in [0.2, 0.25) is 5.91 Å². The summed E-state index contributed by atoms with van der Waals surface area (Å²) >= 11 is 0. The molecule has 1 saturated heterocycles. The molecule has 0 aromatic heterocycles. The minimum absolute atomic E-state index is 0.0193. The molecule has 1 heterocycles. The summed E-state index contributed by atoms with van der Waals surface area (Å²) in [5.41, 5.74) is -0.372. The van der Waals surface area contributed by atoms with Crippen molar-refractivity contribution in [2.75, 3.05) is 19.7 Å². The number of carbonyl (C=O) groups excluding carboxylic acids is 1. The number of hydrogen-bond acceptors (Lipinski definition) is 3. The van der Waals surface area contributed by atoms with Crippen molar-refractivity contribution in [1.82, 2.24) is 4.90 Å². The smallest absolute Gasteiger partial charge is 0.308 e. The molecule has 1 rings (SSSR count). The topological polar surface area (TPSA) is 77.8 Å². The molecular formula is C10H17NO4. The maximum Gasteiger partial charge on any atom is 0.308 e. The van der Waals surface area contributed by atoms with Gasteiger partial charge in [-0.3, -0.25) is 9.59 Å². The van der Waals surface area contributed by atoms with E-state index in [1.807, 2.05) is 13.8 Å². The number of amides is 1. The zero-order valence-corrected chi connectivity index (χ0v) is 9.06. The van der Waals surface area contributed by atoms with Crippen molar-refractivity contribution in [2.24, 2.45) is 11.3 Å². The average molecular weight is 215 g/mol. The van der Waals surface area contributed by atoms with Gasteiger partial charge in [0.05, 0.1) is 5.92 Å². The molecule has 1 atom stereocenters. The van der Waals surface area contributed by atoms with E-state index < -0.39 is 11.9 Å². The Labute approximate surface area is 88.7 Å². The molecule has 1 aliphatic rings. The number of carboxylic acid groups (broad SMARTS) is 1. The van der Waals surface area contributed by atoms with Crippen LogP contribution in [0.3, 0.4) is 0 Å². The van der Waals surface area contributed by atoms with E-state index in [1.54, 1.807) is 0 Å². The second-order valence-corrected chi connectivity index (χ2v) is 4.84. The Balaban J connectivity index is 2.58. The Bertz CT molecular complexity index is 275. The van der Waals surface area contributed by atoms with Gasteiger partial charge >= 0.3 is 5.97 Å². The van der Waals surface area contributed by atoms with Gasteiger partial charge in [0.15, 0.2) is 0 Å². The van der Waals surface area contributed by atoms with E-state index in [9.17, 15) is 9.59 Å². The molecule has 2 N–H and O–H groups in total. The third-order valence-electron chi connectivity index (χ3n) is 2.61. The van der Waals surface area contributed by atoms with Gasteiger partial charge in [-0.25, -0.2) is 0 Å². The Kier molecular flexibility index (Phi) is 3.34. The summed E-state index contributed by atoms with van der Waals surface area (Å²) in [6, 6.07) is 0. The maximum atomic E-state index is 11.5. The van der Waals surface area contributed by atoms with Crippen LogP contribution in [0.25, 0.3) is 0 Å². The quantitative estimate of drug-likeness (QED) is 0.688. The molecule has 0 radical (unpaired) electrons. The number of carbonyl (C=O) groups is 2. The highest BCUT2D eigenvalue weighted by molar-refractivity contribution is 5.86. The van der Waals surface area contributed by atoms with Crippen molar-refractivity contribution >= 4 is 11.9 Å². The Morgan fingerprint density at radius 3 is 2.60 bits per heavy atom. The van der Waals surface area contributed by atoms with E-state index in [2.05, 4.69) is 0 Å². The van der Waals surface area contributed by atoms with Crippen LogP contribution in [0.1, 0.15) is 20.3 Å². The SMILES string of the molecule is CC(C)(CO)CN1CC(C(=O)O)CC1=O. The lowest BCUT2D eigenvalue weighted by Crippen LogP contribution is -2.37. The molecule has 0 aromatic carbocycles. The standard InChI is InChI=1S/C10H17NO4/c1-10(2,6-12)5-11-4-7(9(14)15)3-8(11)13/h7,12H,3-6H2,1-2H3,(H,14,15). The Hall–Kier alpha value is -1.10. The van der Waals surface area contributed by atoms with Gasteiger partial charge < -0.3 is 15.1 Å². The fourth-order valence-corrected chi connectivity index (χ4v) is 1.66. The van der Waals surface area contributed by atoms with Crippen LogP contribution in [0.2, 0.25) is 0 Å². The zero-order chi connectivity index (χ0) is 11.6. The monoisotopic (exact) mass is 215 g/mol. The summed E-state index contributed by atoms with van der Waals surface area (Å²) < 4.78 is 0. The van der Waals surface area contributed by atoms with Crippen LogP contribution >= 0.6 is 0 Å². The zero-order valence-electron chi connectivity index (χ0n) is 9.06. The van der Waals surface area contributed by atoms with E-state index in [0.717, 1.165) is 0 Å². The highest BCUT2D eigenvalue weighted by atomic mass is 16.4. The van der Waals surface area contributed by atoms with Crippen LogP contribution in [0.4, 0.5) is 0 Å². The number of hydrogen-bond donors (Lipinski definition) is 2. The van der Waals surface area contributed by atoms with Crippen LogP contribution in [-0.2, 0) is 9.59 Å². The maximum absolute atomic E-state index is 11.5. The fraction of sp³-hybridized carbons (Fsp3) is 0.800. The molecule has 0 spiro atoms. The van der Waals surface area contributed by atoms with Gasteiger partial charge in [0.1, 0.15) is 0 Å². The van der Waals surface area contributed by atoms with Gasteiger partial charge in [-0.2, -0.15) is 0 Å². The molecule has 5 heteroatoms. The number of aliphatic hydroxyl groups excluding tert-OH is 1. The number of aliphatic hydroxyl groups is 1. The minimum Gasteiger partial charge on any atom is -0.481 e. The van der Waals surface area contributed by atoms with Gasteiger partial charge in [-0.05, 0) is 0 Å². The second kappa shape index (κ2) is 4.18. The first-order valence-electron chi connectivity index (χ1n) is 4.97. The van der Waals surface area contributed by atoms with E-state index >= 15 is 0 Å². The van der Waals surface area contributed by atoms with Crippen LogP contribution in [0.15, 0.2) is 0 Å². The molecule has 1 fully saturated rings. The van der Waals surface area contributed by atoms with E-state index in [-0.39, 0.29) is 30.9 Å². The summed E-state index contributed by atoms with van der Waals surface area (Å²) in [5, 5.41) is 17.8. The first kappa shape index (κ1) is 12.0. The van der Waals surface area contributed by atoms with Crippen molar-refractivity contribution in [1.29, 1.82) is 0 Å². The van der Waals surface area contributed by atoms with Crippen LogP contribution < -0.4 is 0 Å². The van der Waals surface area contributed by atoms with Gasteiger partial charge in [0, 0.05) is 31.5 Å². The van der Waals surface area contributed by atoms with Crippen LogP contribution in [0, 0.1) is 11.3 Å². The first-order valence-corrected chi connectivity index (χ1v) is 4.97. The molecule has 0 aromatic rings. The molecule has 86 valence electrons. The van der Waals surface area contributed by atoms with E-state index in [0.29, 0.717) is 6.54 Å². The number of carboxylic acids is 1. The van der Waals surface area contributed by atoms with Gasteiger partial charge in [-0.1, -0.05) is 13.8 Å². The largest absolute Gasteiger partial charge is 0.481 e. The highest BCUT2D eigenvalue weighted by Gasteiger charge is 2.36. The summed E-state index contributed by atoms with van der Waals surface area (Å²) in [6.45, 7) is 4.33. The summed E-state index contributed by atoms with van der Waals surface area (Å²) in [6.07, 6.45) is 0.0802. The summed E-state index contributed by atoms with van der Waals surface area (Å²) in [7, 11) is 0. The van der Waals surface area contributed by atoms with Crippen LogP contribution in [-0.4, -0.2) is 46.7 Å². The lowest BCUT2D eigenvalue weighted by molar-refractivity contribution is -0.141. The summed E-state index contributed by atoms with van der Waals surface area (Å²) in [4.78, 5) is 23.7. The molecule has 5 nitrogen and oxygen atoms in total.